The first kappa shape index (κ1) is 60.0. The number of aliphatic hydroxyl groups excluding tert-OH is 1. The Balaban J connectivity index is 4.20. The van der Waals surface area contributed by atoms with Gasteiger partial charge in [-0.15, -0.1) is 0 Å². The maximum atomic E-state index is 12.9. The highest BCUT2D eigenvalue weighted by Gasteiger charge is 2.28. The number of nitrogens with one attached hydrogen (secondary N) is 1. The number of rotatable bonds is 48. The lowest BCUT2D eigenvalue weighted by Gasteiger charge is -2.26. The van der Waals surface area contributed by atoms with Gasteiger partial charge in [-0.1, -0.05) is 224 Å². The summed E-state index contributed by atoms with van der Waals surface area (Å²) in [5, 5.41) is 14.0. The van der Waals surface area contributed by atoms with E-state index in [1.165, 1.54) is 161 Å². The highest BCUT2D eigenvalue weighted by molar-refractivity contribution is 7.47. The second-order valence-corrected chi connectivity index (χ2v) is 20.7. The number of quaternary nitrogens is 1. The molecule has 8 nitrogen and oxygen atoms in total. The summed E-state index contributed by atoms with van der Waals surface area (Å²) in [6.07, 6.45) is 53.6. The zero-order valence-electron chi connectivity index (χ0n) is 41.2. The van der Waals surface area contributed by atoms with Crippen molar-refractivity contribution in [1.29, 1.82) is 0 Å². The molecule has 0 fully saturated rings. The molecule has 0 heterocycles. The van der Waals surface area contributed by atoms with Crippen LogP contribution in [0.25, 0.3) is 0 Å². The third-order valence-electron chi connectivity index (χ3n) is 12.0. The van der Waals surface area contributed by atoms with Gasteiger partial charge in [0.05, 0.1) is 39.9 Å². The first-order chi connectivity index (χ1) is 29.5. The van der Waals surface area contributed by atoms with E-state index < -0.39 is 20.0 Å². The largest absolute Gasteiger partial charge is 0.472 e. The number of likely N-dealkylation sites (N-methyl/N-ethyl adjacent to an activating group) is 1. The van der Waals surface area contributed by atoms with Crippen LogP contribution in [0.1, 0.15) is 251 Å². The molecule has 0 aliphatic carbocycles. The van der Waals surface area contributed by atoms with Crippen LogP contribution in [0.5, 0.6) is 0 Å². The number of carbonyl (C=O) groups is 1. The molecular weight excluding hydrogens is 780 g/mol. The van der Waals surface area contributed by atoms with Gasteiger partial charge >= 0.3 is 7.82 Å². The molecule has 9 heteroatoms. The van der Waals surface area contributed by atoms with E-state index in [9.17, 15) is 19.4 Å². The lowest BCUT2D eigenvalue weighted by molar-refractivity contribution is -0.870. The van der Waals surface area contributed by atoms with Crippen molar-refractivity contribution in [2.75, 3.05) is 40.9 Å². The fraction of sp³-hybridized carbons (Fsp3) is 0.904. The number of hydrogen-bond acceptors (Lipinski definition) is 5. The van der Waals surface area contributed by atoms with Gasteiger partial charge in [0.2, 0.25) is 5.91 Å². The van der Waals surface area contributed by atoms with E-state index in [-0.39, 0.29) is 19.1 Å². The quantitative estimate of drug-likeness (QED) is 0.0243. The number of carbonyl (C=O) groups excluding carboxylic acids is 1. The monoisotopic (exact) mass is 884 g/mol. The van der Waals surface area contributed by atoms with Crippen molar-refractivity contribution in [1.82, 2.24) is 5.32 Å². The summed E-state index contributed by atoms with van der Waals surface area (Å²) in [4.78, 5) is 23.2. The highest BCUT2D eigenvalue weighted by atomic mass is 31.2. The van der Waals surface area contributed by atoms with Crippen molar-refractivity contribution in [2.45, 2.75) is 264 Å². The van der Waals surface area contributed by atoms with E-state index >= 15 is 0 Å². The summed E-state index contributed by atoms with van der Waals surface area (Å²) in [5.74, 6) is -0.156. The van der Waals surface area contributed by atoms with Gasteiger partial charge in [0, 0.05) is 6.42 Å². The van der Waals surface area contributed by atoms with Crippen LogP contribution in [-0.4, -0.2) is 73.4 Å². The van der Waals surface area contributed by atoms with Gasteiger partial charge in [0.1, 0.15) is 13.2 Å². The standard InChI is InChI=1S/C52H103N2O6P/c1-6-8-10-12-14-16-18-20-22-23-24-25-26-27-28-29-30-32-33-35-37-39-41-43-45-51(55)50(49-60-61(57,58)59-48-47-54(3,4)5)53-52(56)46-44-42-40-38-36-34-31-21-19-17-15-13-11-9-7-2/h15,17,21,31,50-51,55H,6-14,16,18-20,22-30,32-49H2,1-5H3,(H-,53,56,57,58)/p+1/b17-15-,31-21-. The van der Waals surface area contributed by atoms with E-state index in [0.29, 0.717) is 23.9 Å². The van der Waals surface area contributed by atoms with Crippen LogP contribution in [-0.2, 0) is 18.4 Å². The highest BCUT2D eigenvalue weighted by Crippen LogP contribution is 2.43. The van der Waals surface area contributed by atoms with E-state index in [1.54, 1.807) is 0 Å². The van der Waals surface area contributed by atoms with Crippen LogP contribution in [0.2, 0.25) is 0 Å². The average Bonchev–Trinajstić information content (AvgIpc) is 3.21. The van der Waals surface area contributed by atoms with Crippen LogP contribution < -0.4 is 5.32 Å². The molecular formula is C52H104N2O6P+. The van der Waals surface area contributed by atoms with Gasteiger partial charge in [0.25, 0.3) is 0 Å². The number of aliphatic hydroxyl groups is 1. The van der Waals surface area contributed by atoms with Crippen molar-refractivity contribution in [3.05, 3.63) is 24.3 Å². The Bertz CT molecular complexity index is 1050. The summed E-state index contributed by atoms with van der Waals surface area (Å²) >= 11 is 0. The maximum Gasteiger partial charge on any atom is 0.472 e. The number of nitrogens with zero attached hydrogens (tertiary/aromatic N) is 1. The van der Waals surface area contributed by atoms with Crippen LogP contribution in [0.3, 0.4) is 0 Å². The Morgan fingerprint density at radius 1 is 0.557 bits per heavy atom. The predicted octanol–water partition coefficient (Wildman–Crippen LogP) is 15.3. The minimum absolute atomic E-state index is 0.0726. The van der Waals surface area contributed by atoms with Crippen LogP contribution in [0.15, 0.2) is 24.3 Å². The summed E-state index contributed by atoms with van der Waals surface area (Å²) in [6.45, 7) is 4.87. The van der Waals surface area contributed by atoms with Gasteiger partial charge < -0.3 is 19.8 Å². The van der Waals surface area contributed by atoms with Crippen LogP contribution in [0.4, 0.5) is 0 Å². The topological polar surface area (TPSA) is 105 Å². The van der Waals surface area contributed by atoms with E-state index in [4.69, 9.17) is 9.05 Å². The van der Waals surface area contributed by atoms with Gasteiger partial charge in [-0.25, -0.2) is 4.57 Å². The van der Waals surface area contributed by atoms with E-state index in [2.05, 4.69) is 43.5 Å². The van der Waals surface area contributed by atoms with Gasteiger partial charge in [-0.3, -0.25) is 13.8 Å². The van der Waals surface area contributed by atoms with Gasteiger partial charge in [-0.05, 0) is 44.9 Å². The molecule has 0 aromatic heterocycles. The number of allylic oxidation sites excluding steroid dienone is 4. The van der Waals surface area contributed by atoms with E-state index in [1.807, 2.05) is 21.1 Å². The predicted molar refractivity (Wildman–Crippen MR) is 263 cm³/mol. The number of unbranched alkanes of at least 4 members (excludes halogenated alkanes) is 31. The third kappa shape index (κ3) is 46.8. The molecule has 0 bridgehead atoms. The fourth-order valence-corrected chi connectivity index (χ4v) is 8.52. The van der Waals surface area contributed by atoms with Gasteiger partial charge in [0.15, 0.2) is 0 Å². The molecule has 0 aliphatic heterocycles. The molecule has 1 amide bonds. The van der Waals surface area contributed by atoms with Crippen LogP contribution >= 0.6 is 7.82 Å². The zero-order chi connectivity index (χ0) is 45.0. The molecule has 61 heavy (non-hydrogen) atoms. The Kier molecular flexibility index (Phi) is 43.5. The first-order valence-electron chi connectivity index (χ1n) is 26.2. The normalized spacial score (nSPS) is 14.3. The molecule has 0 spiro atoms. The molecule has 0 aliphatic rings. The van der Waals surface area contributed by atoms with Gasteiger partial charge in [-0.2, -0.15) is 0 Å². The smallest absolute Gasteiger partial charge is 0.391 e. The molecule has 0 aromatic carbocycles. The van der Waals surface area contributed by atoms with Crippen molar-refractivity contribution in [3.8, 4) is 0 Å². The Hall–Kier alpha value is -1.02. The minimum Gasteiger partial charge on any atom is -0.391 e. The van der Waals surface area contributed by atoms with Crippen molar-refractivity contribution in [2.24, 2.45) is 0 Å². The maximum absolute atomic E-state index is 12.9. The molecule has 0 saturated heterocycles. The zero-order valence-corrected chi connectivity index (χ0v) is 42.1. The minimum atomic E-state index is -4.32. The molecule has 0 saturated carbocycles. The average molecular weight is 884 g/mol. The summed E-state index contributed by atoms with van der Waals surface area (Å²) in [7, 11) is 1.61. The second kappa shape index (κ2) is 44.2. The lowest BCUT2D eigenvalue weighted by atomic mass is 10.0. The molecule has 3 atom stereocenters. The summed E-state index contributed by atoms with van der Waals surface area (Å²) in [5.41, 5.74) is 0. The summed E-state index contributed by atoms with van der Waals surface area (Å²) in [6, 6.07) is -0.766. The summed E-state index contributed by atoms with van der Waals surface area (Å²) < 4.78 is 23.7. The van der Waals surface area contributed by atoms with Crippen molar-refractivity contribution in [3.63, 3.8) is 0 Å². The Morgan fingerprint density at radius 3 is 1.38 bits per heavy atom. The first-order valence-corrected chi connectivity index (χ1v) is 27.7. The van der Waals surface area contributed by atoms with Crippen molar-refractivity contribution < 1.29 is 32.9 Å². The molecule has 3 unspecified atom stereocenters. The lowest BCUT2D eigenvalue weighted by Crippen LogP contribution is -2.46. The second-order valence-electron chi connectivity index (χ2n) is 19.3. The Morgan fingerprint density at radius 2 is 0.934 bits per heavy atom. The van der Waals surface area contributed by atoms with Crippen LogP contribution in [0, 0.1) is 0 Å². The fourth-order valence-electron chi connectivity index (χ4n) is 7.78. The molecule has 3 N–H and O–H groups in total. The Labute approximate surface area is 379 Å². The number of phosphoric acid groups is 1. The number of phosphoric ester groups is 1. The third-order valence-corrected chi connectivity index (χ3v) is 12.9. The number of hydrogen-bond donors (Lipinski definition) is 3. The molecule has 0 aromatic rings. The molecule has 362 valence electrons. The SMILES string of the molecule is CCCCC/C=C\C/C=C\CCCCCCCC(=O)NC(COP(=O)(O)OCC[N+](C)(C)C)C(O)CCCCCCCCCCCCCCCCCCCCCCCCCC. The van der Waals surface area contributed by atoms with Crippen molar-refractivity contribution >= 4 is 13.7 Å². The molecule has 0 rings (SSSR count). The molecule has 0 radical (unpaired) electrons. The van der Waals surface area contributed by atoms with E-state index in [0.717, 1.165) is 64.2 Å². The number of amides is 1.